The normalized spacial score (nSPS) is 16.7. The topological polar surface area (TPSA) is 41.5 Å². The number of benzene rings is 1. The maximum Gasteiger partial charge on any atom is 0.122 e. The van der Waals surface area contributed by atoms with Gasteiger partial charge in [0.15, 0.2) is 0 Å². The Morgan fingerprint density at radius 2 is 1.89 bits per heavy atom. The minimum atomic E-state index is -0.438. The van der Waals surface area contributed by atoms with Crippen LogP contribution in [-0.2, 0) is 0 Å². The first-order valence-corrected chi connectivity index (χ1v) is 6.68. The van der Waals surface area contributed by atoms with Crippen molar-refractivity contribution in [2.45, 2.75) is 45.8 Å². The van der Waals surface area contributed by atoms with Crippen LogP contribution in [0.1, 0.15) is 29.5 Å². The van der Waals surface area contributed by atoms with Gasteiger partial charge in [0.1, 0.15) is 18.5 Å². The van der Waals surface area contributed by atoms with Crippen LogP contribution in [0.5, 0.6) is 5.75 Å². The molecule has 2 N–H and O–H groups in total. The van der Waals surface area contributed by atoms with Gasteiger partial charge in [-0.15, -0.1) is 0 Å². The summed E-state index contributed by atoms with van der Waals surface area (Å²) in [6, 6.07) is 4.80. The highest BCUT2D eigenvalue weighted by atomic mass is 16.5. The molecule has 0 bridgehead atoms. The number of hydrogen-bond acceptors (Lipinski definition) is 3. The standard InChI is InChI=1S/C15H23NO2/c1-10-6-12(3)15(7-11(10)2)18-9-14(17)8-16-13-4-5-13/h6-7,13-14,16-17H,4-5,8-9H2,1-3H3. The molecule has 1 aromatic carbocycles. The third-order valence-corrected chi connectivity index (χ3v) is 3.44. The van der Waals surface area contributed by atoms with Gasteiger partial charge in [0, 0.05) is 12.6 Å². The average Bonchev–Trinajstić information content (AvgIpc) is 3.13. The predicted molar refractivity (Wildman–Crippen MR) is 73.2 cm³/mol. The SMILES string of the molecule is Cc1cc(C)c(OCC(O)CNC2CC2)cc1C. The Balaban J connectivity index is 1.82. The highest BCUT2D eigenvalue weighted by Crippen LogP contribution is 2.22. The van der Waals surface area contributed by atoms with Gasteiger partial charge in [-0.2, -0.15) is 0 Å². The van der Waals surface area contributed by atoms with E-state index in [0.29, 0.717) is 19.2 Å². The number of rotatable bonds is 6. The molecule has 18 heavy (non-hydrogen) atoms. The van der Waals surface area contributed by atoms with Gasteiger partial charge < -0.3 is 15.2 Å². The number of aliphatic hydroxyl groups excluding tert-OH is 1. The van der Waals surface area contributed by atoms with E-state index in [-0.39, 0.29) is 0 Å². The monoisotopic (exact) mass is 249 g/mol. The minimum absolute atomic E-state index is 0.350. The van der Waals surface area contributed by atoms with Crippen LogP contribution in [-0.4, -0.2) is 30.4 Å². The van der Waals surface area contributed by atoms with Crippen molar-refractivity contribution in [2.75, 3.05) is 13.2 Å². The fraction of sp³-hybridized carbons (Fsp3) is 0.600. The molecule has 1 aliphatic carbocycles. The fourth-order valence-electron chi connectivity index (χ4n) is 1.92. The Hall–Kier alpha value is -1.06. The molecule has 0 heterocycles. The van der Waals surface area contributed by atoms with E-state index in [1.165, 1.54) is 24.0 Å². The molecule has 1 unspecified atom stereocenters. The lowest BCUT2D eigenvalue weighted by molar-refractivity contribution is 0.106. The van der Waals surface area contributed by atoms with Crippen LogP contribution in [0.4, 0.5) is 0 Å². The van der Waals surface area contributed by atoms with Gasteiger partial charge >= 0.3 is 0 Å². The Kier molecular flexibility index (Phi) is 4.25. The Morgan fingerprint density at radius 3 is 2.56 bits per heavy atom. The summed E-state index contributed by atoms with van der Waals surface area (Å²) in [5.74, 6) is 0.878. The van der Waals surface area contributed by atoms with Gasteiger partial charge in [-0.3, -0.25) is 0 Å². The van der Waals surface area contributed by atoms with Crippen LogP contribution in [0.2, 0.25) is 0 Å². The van der Waals surface area contributed by atoms with Crippen molar-refractivity contribution < 1.29 is 9.84 Å². The molecular formula is C15H23NO2. The lowest BCUT2D eigenvalue weighted by atomic mass is 10.1. The molecule has 0 saturated heterocycles. The summed E-state index contributed by atoms with van der Waals surface area (Å²) < 4.78 is 5.70. The summed E-state index contributed by atoms with van der Waals surface area (Å²) in [7, 11) is 0. The fourth-order valence-corrected chi connectivity index (χ4v) is 1.92. The van der Waals surface area contributed by atoms with Gasteiger partial charge in [0.25, 0.3) is 0 Å². The first kappa shape index (κ1) is 13.4. The predicted octanol–water partition coefficient (Wildman–Crippen LogP) is 2.10. The second-order valence-electron chi connectivity index (χ2n) is 5.35. The molecule has 1 aromatic rings. The van der Waals surface area contributed by atoms with Crippen LogP contribution >= 0.6 is 0 Å². The number of hydrogen-bond donors (Lipinski definition) is 2. The highest BCUT2D eigenvalue weighted by Gasteiger charge is 2.21. The number of ether oxygens (including phenoxy) is 1. The zero-order valence-electron chi connectivity index (χ0n) is 11.5. The van der Waals surface area contributed by atoms with Crippen molar-refractivity contribution in [3.8, 4) is 5.75 Å². The molecule has 1 aliphatic rings. The number of aryl methyl sites for hydroxylation is 3. The zero-order chi connectivity index (χ0) is 13.1. The summed E-state index contributed by atoms with van der Waals surface area (Å²) in [6.07, 6.45) is 2.04. The lowest BCUT2D eigenvalue weighted by Gasteiger charge is -2.15. The van der Waals surface area contributed by atoms with Crippen molar-refractivity contribution in [1.82, 2.24) is 5.32 Å². The molecule has 0 amide bonds. The summed E-state index contributed by atoms with van der Waals surface area (Å²) in [5, 5.41) is 13.1. The van der Waals surface area contributed by atoms with Crippen LogP contribution < -0.4 is 10.1 Å². The minimum Gasteiger partial charge on any atom is -0.491 e. The first-order chi connectivity index (χ1) is 8.56. The van der Waals surface area contributed by atoms with E-state index in [2.05, 4.69) is 25.2 Å². The van der Waals surface area contributed by atoms with E-state index in [1.54, 1.807) is 0 Å². The summed E-state index contributed by atoms with van der Waals surface area (Å²) >= 11 is 0. The smallest absolute Gasteiger partial charge is 0.122 e. The maximum absolute atomic E-state index is 9.81. The molecule has 0 aromatic heterocycles. The maximum atomic E-state index is 9.81. The van der Waals surface area contributed by atoms with Crippen LogP contribution in [0.25, 0.3) is 0 Å². The Labute approximate surface area is 109 Å². The van der Waals surface area contributed by atoms with E-state index < -0.39 is 6.10 Å². The van der Waals surface area contributed by atoms with E-state index in [1.807, 2.05) is 13.0 Å². The number of nitrogens with one attached hydrogen (secondary N) is 1. The molecule has 3 heteroatoms. The molecule has 0 radical (unpaired) electrons. The zero-order valence-corrected chi connectivity index (χ0v) is 11.5. The van der Waals surface area contributed by atoms with Crippen molar-refractivity contribution in [3.63, 3.8) is 0 Å². The molecule has 0 aliphatic heterocycles. The van der Waals surface area contributed by atoms with Crippen molar-refractivity contribution in [2.24, 2.45) is 0 Å². The van der Waals surface area contributed by atoms with Gasteiger partial charge in [-0.1, -0.05) is 6.07 Å². The Morgan fingerprint density at radius 1 is 1.22 bits per heavy atom. The molecule has 100 valence electrons. The second-order valence-corrected chi connectivity index (χ2v) is 5.35. The quantitative estimate of drug-likeness (QED) is 0.811. The third-order valence-electron chi connectivity index (χ3n) is 3.44. The van der Waals surface area contributed by atoms with E-state index in [4.69, 9.17) is 4.74 Å². The molecule has 1 fully saturated rings. The molecular weight excluding hydrogens is 226 g/mol. The van der Waals surface area contributed by atoms with Crippen LogP contribution in [0.15, 0.2) is 12.1 Å². The lowest BCUT2D eigenvalue weighted by Crippen LogP contribution is -2.32. The summed E-state index contributed by atoms with van der Waals surface area (Å²) in [5.41, 5.74) is 3.62. The van der Waals surface area contributed by atoms with Gasteiger partial charge in [0.05, 0.1) is 0 Å². The second kappa shape index (κ2) is 5.72. The average molecular weight is 249 g/mol. The van der Waals surface area contributed by atoms with Gasteiger partial charge in [-0.05, 0) is 56.4 Å². The van der Waals surface area contributed by atoms with E-state index >= 15 is 0 Å². The van der Waals surface area contributed by atoms with Crippen LogP contribution in [0.3, 0.4) is 0 Å². The van der Waals surface area contributed by atoms with E-state index in [9.17, 15) is 5.11 Å². The van der Waals surface area contributed by atoms with Gasteiger partial charge in [-0.25, -0.2) is 0 Å². The summed E-state index contributed by atoms with van der Waals surface area (Å²) in [6.45, 7) is 7.18. The third kappa shape index (κ3) is 3.72. The molecule has 1 atom stereocenters. The van der Waals surface area contributed by atoms with Crippen molar-refractivity contribution in [3.05, 3.63) is 28.8 Å². The van der Waals surface area contributed by atoms with Gasteiger partial charge in [0.2, 0.25) is 0 Å². The number of aliphatic hydroxyl groups is 1. The Bertz CT molecular complexity index is 413. The van der Waals surface area contributed by atoms with Crippen LogP contribution in [0, 0.1) is 20.8 Å². The van der Waals surface area contributed by atoms with Crippen molar-refractivity contribution >= 4 is 0 Å². The first-order valence-electron chi connectivity index (χ1n) is 6.68. The molecule has 2 rings (SSSR count). The van der Waals surface area contributed by atoms with Crippen molar-refractivity contribution in [1.29, 1.82) is 0 Å². The largest absolute Gasteiger partial charge is 0.491 e. The van der Waals surface area contributed by atoms with E-state index in [0.717, 1.165) is 11.3 Å². The molecule has 1 saturated carbocycles. The summed E-state index contributed by atoms with van der Waals surface area (Å²) in [4.78, 5) is 0. The molecule has 3 nitrogen and oxygen atoms in total. The molecule has 0 spiro atoms. The highest BCUT2D eigenvalue weighted by molar-refractivity contribution is 5.40.